The molecular weight excluding hydrogens is 341 g/mol. The lowest BCUT2D eigenvalue weighted by Gasteiger charge is -2.28. The van der Waals surface area contributed by atoms with Gasteiger partial charge in [0.1, 0.15) is 5.82 Å². The molecule has 0 fully saturated rings. The van der Waals surface area contributed by atoms with Crippen molar-refractivity contribution in [3.63, 3.8) is 0 Å². The summed E-state index contributed by atoms with van der Waals surface area (Å²) in [5.74, 6) is -0.360. The smallest absolute Gasteiger partial charge is 0.261 e. The fourth-order valence-corrected chi connectivity index (χ4v) is 3.85. The minimum atomic E-state index is -0.274. The lowest BCUT2D eigenvalue weighted by Crippen LogP contribution is -2.45. The maximum Gasteiger partial charge on any atom is 0.261 e. The number of alkyl halides is 1. The van der Waals surface area contributed by atoms with Crippen LogP contribution in [0.4, 0.5) is 4.39 Å². The molecule has 1 atom stereocenters. The standard InChI is InChI=1S/C15H17BrFNOS/c1-3-15(2,6-7-16)18-14(19)13-8-10-4-5-11(17)9-12(10)20-13/h4-5,8-9H,3,6-7H2,1-2H3,(H,18,19). The van der Waals surface area contributed by atoms with Gasteiger partial charge in [0.05, 0.1) is 4.88 Å². The van der Waals surface area contributed by atoms with Crippen molar-refractivity contribution >= 4 is 43.3 Å². The highest BCUT2D eigenvalue weighted by Crippen LogP contribution is 2.27. The quantitative estimate of drug-likeness (QED) is 0.770. The predicted octanol–water partition coefficient (Wildman–Crippen LogP) is 4.72. The average molecular weight is 358 g/mol. The second kappa shape index (κ2) is 6.22. The van der Waals surface area contributed by atoms with Crippen LogP contribution in [0.3, 0.4) is 0 Å². The minimum absolute atomic E-state index is 0.0862. The van der Waals surface area contributed by atoms with E-state index in [-0.39, 0.29) is 17.3 Å². The molecule has 1 N–H and O–H groups in total. The maximum atomic E-state index is 13.2. The molecule has 1 aromatic heterocycles. The van der Waals surface area contributed by atoms with Gasteiger partial charge in [-0.2, -0.15) is 0 Å². The summed E-state index contributed by atoms with van der Waals surface area (Å²) in [6, 6.07) is 6.40. The lowest BCUT2D eigenvalue weighted by atomic mass is 9.95. The van der Waals surface area contributed by atoms with Crippen molar-refractivity contribution in [2.24, 2.45) is 0 Å². The number of thiophene rings is 1. The van der Waals surface area contributed by atoms with Gasteiger partial charge in [-0.15, -0.1) is 11.3 Å². The van der Waals surface area contributed by atoms with Crippen LogP contribution in [0, 0.1) is 5.82 Å². The van der Waals surface area contributed by atoms with Gasteiger partial charge in [-0.25, -0.2) is 4.39 Å². The van der Waals surface area contributed by atoms with Gasteiger partial charge in [0.15, 0.2) is 0 Å². The van der Waals surface area contributed by atoms with E-state index in [9.17, 15) is 9.18 Å². The zero-order valence-electron chi connectivity index (χ0n) is 11.5. The van der Waals surface area contributed by atoms with Crippen molar-refractivity contribution in [3.05, 3.63) is 35.0 Å². The van der Waals surface area contributed by atoms with E-state index in [0.717, 1.165) is 28.3 Å². The highest BCUT2D eigenvalue weighted by Gasteiger charge is 2.24. The summed E-state index contributed by atoms with van der Waals surface area (Å²) < 4.78 is 14.0. The highest BCUT2D eigenvalue weighted by atomic mass is 79.9. The molecule has 108 valence electrons. The first-order valence-electron chi connectivity index (χ1n) is 6.55. The molecule has 0 aliphatic carbocycles. The number of carbonyl (C=O) groups excluding carboxylic acids is 1. The number of benzene rings is 1. The second-order valence-electron chi connectivity index (χ2n) is 5.10. The van der Waals surface area contributed by atoms with Crippen LogP contribution in [-0.4, -0.2) is 16.8 Å². The molecule has 1 aromatic carbocycles. The van der Waals surface area contributed by atoms with Crippen LogP contribution >= 0.6 is 27.3 Å². The van der Waals surface area contributed by atoms with E-state index in [1.54, 1.807) is 6.07 Å². The number of hydrogen-bond acceptors (Lipinski definition) is 2. The molecule has 0 radical (unpaired) electrons. The Balaban J connectivity index is 2.22. The van der Waals surface area contributed by atoms with Crippen LogP contribution < -0.4 is 5.32 Å². The number of rotatable bonds is 5. The molecule has 1 amide bonds. The molecule has 0 spiro atoms. The molecule has 5 heteroatoms. The number of nitrogens with one attached hydrogen (secondary N) is 1. The van der Waals surface area contributed by atoms with E-state index >= 15 is 0 Å². The van der Waals surface area contributed by atoms with E-state index < -0.39 is 0 Å². The largest absolute Gasteiger partial charge is 0.346 e. The van der Waals surface area contributed by atoms with Gasteiger partial charge >= 0.3 is 0 Å². The first-order valence-corrected chi connectivity index (χ1v) is 8.49. The summed E-state index contributed by atoms with van der Waals surface area (Å²) >= 11 is 4.74. The van der Waals surface area contributed by atoms with Gasteiger partial charge in [0, 0.05) is 15.6 Å². The zero-order chi connectivity index (χ0) is 14.8. The molecular formula is C15H17BrFNOS. The molecule has 1 unspecified atom stereocenters. The van der Waals surface area contributed by atoms with E-state index in [1.165, 1.54) is 23.5 Å². The van der Waals surface area contributed by atoms with E-state index in [1.807, 2.05) is 13.0 Å². The third-order valence-corrected chi connectivity index (χ3v) is 5.04. The van der Waals surface area contributed by atoms with Crippen molar-refractivity contribution in [1.29, 1.82) is 0 Å². The molecule has 20 heavy (non-hydrogen) atoms. The monoisotopic (exact) mass is 357 g/mol. The molecule has 0 saturated carbocycles. The van der Waals surface area contributed by atoms with Crippen LogP contribution in [0.5, 0.6) is 0 Å². The molecule has 0 aliphatic rings. The Labute approximate surface area is 130 Å². The Morgan fingerprint density at radius 1 is 1.45 bits per heavy atom. The van der Waals surface area contributed by atoms with Crippen molar-refractivity contribution in [3.8, 4) is 0 Å². The van der Waals surface area contributed by atoms with Crippen LogP contribution in [0.2, 0.25) is 0 Å². The van der Waals surface area contributed by atoms with Gasteiger partial charge < -0.3 is 5.32 Å². The van der Waals surface area contributed by atoms with Gasteiger partial charge in [-0.1, -0.05) is 28.9 Å². The van der Waals surface area contributed by atoms with Gasteiger partial charge in [-0.3, -0.25) is 4.79 Å². The zero-order valence-corrected chi connectivity index (χ0v) is 13.9. The molecule has 1 heterocycles. The van der Waals surface area contributed by atoms with E-state index in [2.05, 4.69) is 28.2 Å². The summed E-state index contributed by atoms with van der Waals surface area (Å²) in [7, 11) is 0. The number of amides is 1. The van der Waals surface area contributed by atoms with Gasteiger partial charge in [0.25, 0.3) is 5.91 Å². The minimum Gasteiger partial charge on any atom is -0.346 e. The fraction of sp³-hybridized carbons (Fsp3) is 0.400. The molecule has 0 aliphatic heterocycles. The summed E-state index contributed by atoms with van der Waals surface area (Å²) in [5.41, 5.74) is -0.220. The van der Waals surface area contributed by atoms with Crippen LogP contribution in [0.15, 0.2) is 24.3 Å². The van der Waals surface area contributed by atoms with Crippen LogP contribution in [-0.2, 0) is 0 Å². The molecule has 0 saturated heterocycles. The molecule has 2 nitrogen and oxygen atoms in total. The van der Waals surface area contributed by atoms with E-state index in [0.29, 0.717) is 4.88 Å². The number of halogens is 2. The van der Waals surface area contributed by atoms with Crippen molar-refractivity contribution in [2.45, 2.75) is 32.2 Å². The summed E-state index contributed by atoms with van der Waals surface area (Å²) in [5, 5.41) is 4.83. The molecule has 2 rings (SSSR count). The lowest BCUT2D eigenvalue weighted by molar-refractivity contribution is 0.0906. The first kappa shape index (κ1) is 15.4. The third-order valence-electron chi connectivity index (χ3n) is 3.55. The van der Waals surface area contributed by atoms with Gasteiger partial charge in [-0.05, 0) is 43.4 Å². The fourth-order valence-electron chi connectivity index (χ4n) is 1.99. The average Bonchev–Trinajstić information content (AvgIpc) is 2.82. The normalized spacial score (nSPS) is 14.2. The summed E-state index contributed by atoms with van der Waals surface area (Å²) in [6.07, 6.45) is 1.73. The predicted molar refractivity (Wildman–Crippen MR) is 86.4 cm³/mol. The maximum absolute atomic E-state index is 13.2. The topological polar surface area (TPSA) is 29.1 Å². The number of hydrogen-bond donors (Lipinski definition) is 1. The Hall–Kier alpha value is -0.940. The van der Waals surface area contributed by atoms with Gasteiger partial charge in [0.2, 0.25) is 0 Å². The first-order chi connectivity index (χ1) is 9.47. The van der Waals surface area contributed by atoms with Crippen molar-refractivity contribution in [1.82, 2.24) is 5.32 Å². The second-order valence-corrected chi connectivity index (χ2v) is 6.98. The number of fused-ring (bicyclic) bond motifs is 1. The highest BCUT2D eigenvalue weighted by molar-refractivity contribution is 9.09. The summed E-state index contributed by atoms with van der Waals surface area (Å²) in [6.45, 7) is 4.10. The van der Waals surface area contributed by atoms with Crippen LogP contribution in [0.1, 0.15) is 36.4 Å². The van der Waals surface area contributed by atoms with E-state index in [4.69, 9.17) is 0 Å². The SMILES string of the molecule is CCC(C)(CCBr)NC(=O)c1cc2ccc(F)cc2s1. The molecule has 0 bridgehead atoms. The molecule has 2 aromatic rings. The third kappa shape index (κ3) is 3.38. The Morgan fingerprint density at radius 2 is 2.20 bits per heavy atom. The van der Waals surface area contributed by atoms with Crippen LogP contribution in [0.25, 0.3) is 10.1 Å². The van der Waals surface area contributed by atoms with Crippen molar-refractivity contribution < 1.29 is 9.18 Å². The number of carbonyl (C=O) groups is 1. The Kier molecular flexibility index (Phi) is 4.81. The van der Waals surface area contributed by atoms with Crippen molar-refractivity contribution in [2.75, 3.05) is 5.33 Å². The Morgan fingerprint density at radius 3 is 2.85 bits per heavy atom. The summed E-state index contributed by atoms with van der Waals surface area (Å²) in [4.78, 5) is 13.0. The Bertz CT molecular complexity index is 627.